The Hall–Kier alpha value is -2.79. The molecule has 1 N–H and O–H groups in total. The molecular formula is C19H16ClN3O2. The summed E-state index contributed by atoms with van der Waals surface area (Å²) in [4.78, 5) is 12.3. The van der Waals surface area contributed by atoms with Crippen molar-refractivity contribution in [2.45, 2.75) is 12.3 Å². The van der Waals surface area contributed by atoms with Gasteiger partial charge in [0.1, 0.15) is 11.6 Å². The Bertz CT molecular complexity index is 951. The van der Waals surface area contributed by atoms with Crippen LogP contribution in [0.1, 0.15) is 23.5 Å². The van der Waals surface area contributed by atoms with Crippen LogP contribution < -0.4 is 10.1 Å². The Morgan fingerprint density at radius 2 is 2.04 bits per heavy atom. The van der Waals surface area contributed by atoms with Crippen molar-refractivity contribution in [3.05, 3.63) is 70.9 Å². The third-order valence-electron chi connectivity index (χ3n) is 4.39. The van der Waals surface area contributed by atoms with Crippen LogP contribution in [-0.2, 0) is 4.79 Å². The van der Waals surface area contributed by atoms with Gasteiger partial charge in [-0.1, -0.05) is 35.9 Å². The summed E-state index contributed by atoms with van der Waals surface area (Å²) < 4.78 is 7.19. The maximum absolute atomic E-state index is 12.3. The molecule has 1 atom stereocenters. The zero-order valence-corrected chi connectivity index (χ0v) is 14.3. The average molecular weight is 354 g/mol. The molecule has 0 aliphatic carbocycles. The van der Waals surface area contributed by atoms with Gasteiger partial charge in [-0.05, 0) is 24.3 Å². The van der Waals surface area contributed by atoms with Gasteiger partial charge in [0.15, 0.2) is 0 Å². The Balaban J connectivity index is 1.84. The Kier molecular flexibility index (Phi) is 3.93. The standard InChI is InChI=1S/C19H16ClN3O2/c1-25-17-8-3-2-7-14(17)15-10-18(24)22-19-16(15)11-21-23(19)13-6-4-5-12(20)9-13/h2-9,11,15H,10H2,1H3,(H,22,24). The summed E-state index contributed by atoms with van der Waals surface area (Å²) in [6.07, 6.45) is 2.15. The lowest BCUT2D eigenvalue weighted by molar-refractivity contribution is -0.116. The van der Waals surface area contributed by atoms with Gasteiger partial charge in [-0.2, -0.15) is 5.10 Å². The van der Waals surface area contributed by atoms with E-state index in [2.05, 4.69) is 10.4 Å². The van der Waals surface area contributed by atoms with Crippen LogP contribution in [0.5, 0.6) is 5.75 Å². The van der Waals surface area contributed by atoms with Crippen LogP contribution in [0.3, 0.4) is 0 Å². The van der Waals surface area contributed by atoms with Crippen LogP contribution in [0.15, 0.2) is 54.7 Å². The Morgan fingerprint density at radius 1 is 1.20 bits per heavy atom. The molecule has 1 aliphatic heterocycles. The van der Waals surface area contributed by atoms with Gasteiger partial charge in [0.05, 0.1) is 19.0 Å². The van der Waals surface area contributed by atoms with Crippen molar-refractivity contribution in [1.82, 2.24) is 9.78 Å². The molecule has 6 heteroatoms. The predicted octanol–water partition coefficient (Wildman–Crippen LogP) is 4.01. The number of carbonyl (C=O) groups excluding carboxylic acids is 1. The smallest absolute Gasteiger partial charge is 0.226 e. The predicted molar refractivity (Wildman–Crippen MR) is 96.7 cm³/mol. The van der Waals surface area contributed by atoms with Gasteiger partial charge in [-0.25, -0.2) is 4.68 Å². The van der Waals surface area contributed by atoms with Gasteiger partial charge in [0, 0.05) is 28.5 Å². The van der Waals surface area contributed by atoms with E-state index < -0.39 is 0 Å². The van der Waals surface area contributed by atoms with Crippen molar-refractivity contribution in [2.75, 3.05) is 12.4 Å². The van der Waals surface area contributed by atoms with Crippen molar-refractivity contribution < 1.29 is 9.53 Å². The molecule has 0 spiro atoms. The third-order valence-corrected chi connectivity index (χ3v) is 4.62. The minimum atomic E-state index is -0.104. The van der Waals surface area contributed by atoms with Gasteiger partial charge >= 0.3 is 0 Å². The SMILES string of the molecule is COc1ccccc1C1CC(=O)Nc2c1cnn2-c1cccc(Cl)c1. The van der Waals surface area contributed by atoms with E-state index >= 15 is 0 Å². The molecule has 1 amide bonds. The second kappa shape index (κ2) is 6.26. The molecule has 25 heavy (non-hydrogen) atoms. The minimum Gasteiger partial charge on any atom is -0.496 e. The van der Waals surface area contributed by atoms with E-state index in [1.807, 2.05) is 42.5 Å². The molecule has 4 rings (SSSR count). The molecule has 0 saturated carbocycles. The zero-order chi connectivity index (χ0) is 17.4. The lowest BCUT2D eigenvalue weighted by Gasteiger charge is -2.25. The fraction of sp³-hybridized carbons (Fsp3) is 0.158. The number of anilines is 1. The molecule has 2 aromatic carbocycles. The van der Waals surface area contributed by atoms with Gasteiger partial charge < -0.3 is 10.1 Å². The number of fused-ring (bicyclic) bond motifs is 1. The number of hydrogen-bond acceptors (Lipinski definition) is 3. The van der Waals surface area contributed by atoms with E-state index in [9.17, 15) is 4.79 Å². The number of nitrogens with zero attached hydrogens (tertiary/aromatic N) is 2. The first-order valence-electron chi connectivity index (χ1n) is 7.94. The van der Waals surface area contributed by atoms with Gasteiger partial charge in [-0.3, -0.25) is 4.79 Å². The quantitative estimate of drug-likeness (QED) is 0.774. The monoisotopic (exact) mass is 353 g/mol. The number of benzene rings is 2. The average Bonchev–Trinajstić information content (AvgIpc) is 3.04. The summed E-state index contributed by atoms with van der Waals surface area (Å²) in [5.41, 5.74) is 2.74. The third kappa shape index (κ3) is 2.76. The van der Waals surface area contributed by atoms with Gasteiger partial charge in [0.2, 0.25) is 5.91 Å². The first kappa shape index (κ1) is 15.7. The second-order valence-electron chi connectivity index (χ2n) is 5.89. The Labute approximate surface area is 150 Å². The largest absolute Gasteiger partial charge is 0.496 e. The Morgan fingerprint density at radius 3 is 2.84 bits per heavy atom. The number of para-hydroxylation sites is 1. The molecule has 5 nitrogen and oxygen atoms in total. The van der Waals surface area contributed by atoms with Gasteiger partial charge in [-0.15, -0.1) is 0 Å². The number of aromatic nitrogens is 2. The number of halogens is 1. The van der Waals surface area contributed by atoms with E-state index in [0.29, 0.717) is 17.3 Å². The van der Waals surface area contributed by atoms with Crippen LogP contribution in [-0.4, -0.2) is 22.8 Å². The van der Waals surface area contributed by atoms with E-state index in [-0.39, 0.29) is 11.8 Å². The van der Waals surface area contributed by atoms with Crippen molar-refractivity contribution in [3.8, 4) is 11.4 Å². The normalized spacial score (nSPS) is 16.2. The summed E-state index contributed by atoms with van der Waals surface area (Å²) >= 11 is 6.09. The van der Waals surface area contributed by atoms with E-state index in [0.717, 1.165) is 22.6 Å². The number of rotatable bonds is 3. The summed E-state index contributed by atoms with van der Waals surface area (Å²) in [5, 5.41) is 8.03. The summed E-state index contributed by atoms with van der Waals surface area (Å²) in [7, 11) is 1.64. The number of carbonyl (C=O) groups is 1. The number of nitrogens with one attached hydrogen (secondary N) is 1. The maximum Gasteiger partial charge on any atom is 0.226 e. The van der Waals surface area contributed by atoms with E-state index in [4.69, 9.17) is 16.3 Å². The number of hydrogen-bond donors (Lipinski definition) is 1. The molecule has 1 aromatic heterocycles. The number of amides is 1. The minimum absolute atomic E-state index is 0.0489. The highest BCUT2D eigenvalue weighted by Gasteiger charge is 2.31. The molecule has 0 radical (unpaired) electrons. The molecule has 2 heterocycles. The molecule has 3 aromatic rings. The number of ether oxygens (including phenoxy) is 1. The van der Waals surface area contributed by atoms with Crippen molar-refractivity contribution in [3.63, 3.8) is 0 Å². The van der Waals surface area contributed by atoms with E-state index in [1.165, 1.54) is 0 Å². The fourth-order valence-electron chi connectivity index (χ4n) is 3.26. The topological polar surface area (TPSA) is 56.1 Å². The van der Waals surface area contributed by atoms with Crippen LogP contribution in [0.25, 0.3) is 5.69 Å². The van der Waals surface area contributed by atoms with Crippen molar-refractivity contribution in [1.29, 1.82) is 0 Å². The summed E-state index contributed by atoms with van der Waals surface area (Å²) in [5.74, 6) is 1.29. The first-order chi connectivity index (χ1) is 12.2. The van der Waals surface area contributed by atoms with Gasteiger partial charge in [0.25, 0.3) is 0 Å². The molecule has 1 aliphatic rings. The molecule has 126 valence electrons. The summed E-state index contributed by atoms with van der Waals surface area (Å²) in [6, 6.07) is 15.1. The molecule has 0 fully saturated rings. The maximum atomic E-state index is 12.3. The van der Waals surface area contributed by atoms with Crippen LogP contribution in [0.2, 0.25) is 5.02 Å². The molecular weight excluding hydrogens is 338 g/mol. The molecule has 1 unspecified atom stereocenters. The zero-order valence-electron chi connectivity index (χ0n) is 13.6. The van der Waals surface area contributed by atoms with E-state index in [1.54, 1.807) is 24.1 Å². The highest BCUT2D eigenvalue weighted by atomic mass is 35.5. The molecule has 0 saturated heterocycles. The van der Waals surface area contributed by atoms with Crippen LogP contribution in [0.4, 0.5) is 5.82 Å². The lowest BCUT2D eigenvalue weighted by atomic mass is 9.87. The van der Waals surface area contributed by atoms with Crippen LogP contribution in [0, 0.1) is 0 Å². The highest BCUT2D eigenvalue weighted by Crippen LogP contribution is 2.41. The first-order valence-corrected chi connectivity index (χ1v) is 8.32. The fourth-order valence-corrected chi connectivity index (χ4v) is 3.44. The molecule has 0 bridgehead atoms. The summed E-state index contributed by atoms with van der Waals surface area (Å²) in [6.45, 7) is 0. The second-order valence-corrected chi connectivity index (χ2v) is 6.32. The van der Waals surface area contributed by atoms with Crippen LogP contribution >= 0.6 is 11.6 Å². The van der Waals surface area contributed by atoms with Crippen molar-refractivity contribution in [2.24, 2.45) is 0 Å². The lowest BCUT2D eigenvalue weighted by Crippen LogP contribution is -2.24. The van der Waals surface area contributed by atoms with Crippen molar-refractivity contribution >= 4 is 23.3 Å². The highest BCUT2D eigenvalue weighted by molar-refractivity contribution is 6.30. The number of methoxy groups -OCH3 is 1.